The van der Waals surface area contributed by atoms with E-state index >= 15 is 0 Å². The van der Waals surface area contributed by atoms with Crippen LogP contribution >= 0.6 is 0 Å². The molecule has 0 aliphatic heterocycles. The fraction of sp³-hybridized carbons (Fsp3) is 0.143. The van der Waals surface area contributed by atoms with Crippen LogP contribution in [0.3, 0.4) is 0 Å². The average molecular weight is 123 g/mol. The van der Waals surface area contributed by atoms with Crippen molar-refractivity contribution in [3.8, 4) is 11.5 Å². The summed E-state index contributed by atoms with van der Waals surface area (Å²) in [5.74, 6) is 0.605. The zero-order chi connectivity index (χ0) is 6.69. The summed E-state index contributed by atoms with van der Waals surface area (Å²) in [6, 6.07) is 7.49. The number of methoxy groups -OCH3 is 1. The highest BCUT2D eigenvalue weighted by molar-refractivity contribution is 5.37. The quantitative estimate of drug-likeness (QED) is 0.608. The van der Waals surface area contributed by atoms with Crippen LogP contribution in [0.4, 0.5) is 0 Å². The van der Waals surface area contributed by atoms with Crippen LogP contribution in [0.25, 0.3) is 0 Å². The van der Waals surface area contributed by atoms with Gasteiger partial charge in [0.15, 0.2) is 11.5 Å². The Morgan fingerprint density at radius 1 is 1.67 bits per heavy atom. The van der Waals surface area contributed by atoms with Gasteiger partial charge in [-0.3, -0.25) is 0 Å². The van der Waals surface area contributed by atoms with Crippen LogP contribution in [0.2, 0.25) is 0 Å². The molecule has 9 heavy (non-hydrogen) atoms. The molecule has 0 fully saturated rings. The van der Waals surface area contributed by atoms with Crippen molar-refractivity contribution >= 4 is 0 Å². The molecule has 0 aliphatic carbocycles. The van der Waals surface area contributed by atoms with Gasteiger partial charge in [0.05, 0.1) is 7.11 Å². The standard InChI is InChI=1S/C7H7O2/c1-9-7-5-3-2-4-6(7)8/h3-5,8H,1H3. The Labute approximate surface area is 53.7 Å². The molecule has 0 aliphatic rings. The smallest absolute Gasteiger partial charge is 0.160 e. The lowest BCUT2D eigenvalue weighted by Crippen LogP contribution is -1.80. The number of phenols is 1. The van der Waals surface area contributed by atoms with Gasteiger partial charge in [0.2, 0.25) is 0 Å². The molecule has 2 nitrogen and oxygen atoms in total. The van der Waals surface area contributed by atoms with E-state index in [9.17, 15) is 0 Å². The van der Waals surface area contributed by atoms with E-state index in [-0.39, 0.29) is 5.75 Å². The van der Waals surface area contributed by atoms with Gasteiger partial charge in [-0.25, -0.2) is 0 Å². The number of aromatic hydroxyl groups is 1. The van der Waals surface area contributed by atoms with E-state index < -0.39 is 0 Å². The summed E-state index contributed by atoms with van der Waals surface area (Å²) < 4.78 is 4.77. The van der Waals surface area contributed by atoms with E-state index in [1.807, 2.05) is 0 Å². The first-order valence-electron chi connectivity index (χ1n) is 2.57. The van der Waals surface area contributed by atoms with Crippen molar-refractivity contribution in [1.82, 2.24) is 0 Å². The second-order valence-electron chi connectivity index (χ2n) is 1.60. The van der Waals surface area contributed by atoms with E-state index in [0.29, 0.717) is 5.75 Å². The van der Waals surface area contributed by atoms with Gasteiger partial charge >= 0.3 is 0 Å². The molecule has 1 radical (unpaired) electrons. The van der Waals surface area contributed by atoms with Crippen molar-refractivity contribution in [3.63, 3.8) is 0 Å². The molecule has 0 amide bonds. The number of benzene rings is 1. The number of ether oxygens (including phenoxy) is 1. The zero-order valence-electron chi connectivity index (χ0n) is 5.09. The number of rotatable bonds is 1. The molecule has 0 saturated carbocycles. The van der Waals surface area contributed by atoms with E-state index in [1.165, 1.54) is 13.2 Å². The maximum Gasteiger partial charge on any atom is 0.160 e. The van der Waals surface area contributed by atoms with Gasteiger partial charge in [-0.2, -0.15) is 0 Å². The highest BCUT2D eigenvalue weighted by Gasteiger charge is 1.94. The Bertz CT molecular complexity index is 196. The maximum absolute atomic E-state index is 8.95. The largest absolute Gasteiger partial charge is 0.504 e. The van der Waals surface area contributed by atoms with Gasteiger partial charge in [-0.15, -0.1) is 0 Å². The Morgan fingerprint density at radius 2 is 2.44 bits per heavy atom. The summed E-state index contributed by atoms with van der Waals surface area (Å²) >= 11 is 0. The van der Waals surface area contributed by atoms with Gasteiger partial charge in [0, 0.05) is 0 Å². The van der Waals surface area contributed by atoms with Crippen LogP contribution in [0.1, 0.15) is 0 Å². The molecule has 0 atom stereocenters. The predicted molar refractivity (Wildman–Crippen MR) is 33.5 cm³/mol. The lowest BCUT2D eigenvalue weighted by atomic mass is 10.3. The first-order chi connectivity index (χ1) is 4.34. The zero-order valence-corrected chi connectivity index (χ0v) is 5.09. The third kappa shape index (κ3) is 1.13. The van der Waals surface area contributed by atoms with Crippen molar-refractivity contribution in [2.45, 2.75) is 0 Å². The Kier molecular flexibility index (Phi) is 1.58. The molecule has 1 rings (SSSR count). The molecule has 0 heterocycles. The second kappa shape index (κ2) is 2.40. The van der Waals surface area contributed by atoms with E-state index in [4.69, 9.17) is 9.84 Å². The molecule has 1 aromatic rings. The molecule has 0 aromatic heterocycles. The van der Waals surface area contributed by atoms with Crippen LogP contribution < -0.4 is 4.74 Å². The lowest BCUT2D eigenvalue weighted by molar-refractivity contribution is 0.373. The molecular weight excluding hydrogens is 116 g/mol. The average Bonchev–Trinajstić information content (AvgIpc) is 1.89. The van der Waals surface area contributed by atoms with Crippen molar-refractivity contribution < 1.29 is 9.84 Å². The van der Waals surface area contributed by atoms with E-state index in [1.54, 1.807) is 12.1 Å². The summed E-state index contributed by atoms with van der Waals surface area (Å²) in [5, 5.41) is 8.95. The van der Waals surface area contributed by atoms with Crippen molar-refractivity contribution in [2.75, 3.05) is 7.11 Å². The third-order valence-corrected chi connectivity index (χ3v) is 1.02. The molecule has 0 bridgehead atoms. The van der Waals surface area contributed by atoms with Gasteiger partial charge in [0.1, 0.15) is 0 Å². The normalized spacial score (nSPS) is 9.00. The highest BCUT2D eigenvalue weighted by Crippen LogP contribution is 2.22. The van der Waals surface area contributed by atoms with Gasteiger partial charge in [0.25, 0.3) is 0 Å². The summed E-state index contributed by atoms with van der Waals surface area (Å²) in [6.07, 6.45) is 0. The predicted octanol–water partition coefficient (Wildman–Crippen LogP) is 1.20. The van der Waals surface area contributed by atoms with Crippen molar-refractivity contribution in [1.29, 1.82) is 0 Å². The second-order valence-corrected chi connectivity index (χ2v) is 1.60. The molecule has 0 spiro atoms. The molecule has 47 valence electrons. The summed E-state index contributed by atoms with van der Waals surface area (Å²) in [6.45, 7) is 0. The summed E-state index contributed by atoms with van der Waals surface area (Å²) in [7, 11) is 1.51. The number of hydrogen-bond acceptors (Lipinski definition) is 2. The van der Waals surface area contributed by atoms with Crippen LogP contribution in [-0.2, 0) is 0 Å². The summed E-state index contributed by atoms with van der Waals surface area (Å²) in [4.78, 5) is 0. The lowest BCUT2D eigenvalue weighted by Gasteiger charge is -1.98. The molecule has 2 heteroatoms. The van der Waals surface area contributed by atoms with Gasteiger partial charge < -0.3 is 9.84 Å². The van der Waals surface area contributed by atoms with E-state index in [2.05, 4.69) is 6.07 Å². The molecule has 1 N–H and O–H groups in total. The van der Waals surface area contributed by atoms with Crippen LogP contribution in [0.15, 0.2) is 18.2 Å². The minimum Gasteiger partial charge on any atom is -0.504 e. The topological polar surface area (TPSA) is 29.5 Å². The third-order valence-electron chi connectivity index (χ3n) is 1.02. The first kappa shape index (κ1) is 5.95. The Morgan fingerprint density at radius 3 is 2.89 bits per heavy atom. The van der Waals surface area contributed by atoms with Crippen molar-refractivity contribution in [3.05, 3.63) is 24.3 Å². The minimum atomic E-state index is 0.125. The summed E-state index contributed by atoms with van der Waals surface area (Å²) in [5.41, 5.74) is 0. The fourth-order valence-electron chi connectivity index (χ4n) is 0.580. The van der Waals surface area contributed by atoms with Gasteiger partial charge in [-0.1, -0.05) is 6.07 Å². The highest BCUT2D eigenvalue weighted by atomic mass is 16.5. The molecular formula is C7H7O2. The SMILES string of the molecule is COc1cc[c]cc1O. The minimum absolute atomic E-state index is 0.125. The van der Waals surface area contributed by atoms with Crippen molar-refractivity contribution in [2.24, 2.45) is 0 Å². The first-order valence-corrected chi connectivity index (χ1v) is 2.57. The monoisotopic (exact) mass is 123 g/mol. The van der Waals surface area contributed by atoms with Crippen LogP contribution in [-0.4, -0.2) is 12.2 Å². The molecule has 1 aromatic carbocycles. The number of hydrogen-bond donors (Lipinski definition) is 1. The van der Waals surface area contributed by atoms with Crippen LogP contribution in [0, 0.1) is 6.07 Å². The fourth-order valence-corrected chi connectivity index (χ4v) is 0.580. The Balaban J connectivity index is 3.01. The Hall–Kier alpha value is -1.18. The van der Waals surface area contributed by atoms with Gasteiger partial charge in [-0.05, 0) is 18.2 Å². The van der Waals surface area contributed by atoms with Crippen LogP contribution in [0.5, 0.6) is 11.5 Å². The molecule has 0 unspecified atom stereocenters. The number of phenolic OH excluding ortho intramolecular Hbond substituents is 1. The molecule has 0 saturated heterocycles. The van der Waals surface area contributed by atoms with E-state index in [0.717, 1.165) is 0 Å². The maximum atomic E-state index is 8.95.